The molecule has 0 saturated carbocycles. The Bertz CT molecular complexity index is 967. The number of aromatic nitrogens is 1. The van der Waals surface area contributed by atoms with E-state index in [9.17, 15) is 0 Å². The Morgan fingerprint density at radius 1 is 0.967 bits per heavy atom. The maximum Gasteiger partial charge on any atom is 0.0629 e. The molecule has 3 aromatic rings. The lowest BCUT2D eigenvalue weighted by Crippen LogP contribution is -2.25. The molecular weight excluding hydrogens is 374 g/mol. The van der Waals surface area contributed by atoms with Crippen LogP contribution in [-0.4, -0.2) is 16.7 Å². The van der Waals surface area contributed by atoms with Crippen LogP contribution in [0.5, 0.6) is 0 Å². The van der Waals surface area contributed by atoms with E-state index in [0.29, 0.717) is 18.5 Å². The van der Waals surface area contributed by atoms with Gasteiger partial charge in [-0.25, -0.2) is 5.84 Å². The molecule has 0 spiro atoms. The number of hydrogen-bond donors (Lipinski definition) is 4. The van der Waals surface area contributed by atoms with Crippen molar-refractivity contribution in [2.24, 2.45) is 11.6 Å². The maximum atomic E-state index is 8.87. The molecule has 3 rings (SSSR count). The van der Waals surface area contributed by atoms with Crippen LogP contribution in [0.4, 0.5) is 17.1 Å². The van der Waals surface area contributed by atoms with E-state index in [0.717, 1.165) is 28.3 Å². The highest BCUT2D eigenvalue weighted by molar-refractivity contribution is 5.70. The highest BCUT2D eigenvalue weighted by Gasteiger charge is 2.01. The lowest BCUT2D eigenvalue weighted by Gasteiger charge is -2.16. The summed E-state index contributed by atoms with van der Waals surface area (Å²) in [4.78, 5) is 4.28. The Kier molecular flexibility index (Phi) is 7.60. The number of nitrogens with two attached hydrogens (primary N) is 2. The van der Waals surface area contributed by atoms with E-state index in [1.165, 1.54) is 5.01 Å². The number of pyridine rings is 1. The van der Waals surface area contributed by atoms with E-state index in [1.807, 2.05) is 66.7 Å². The summed E-state index contributed by atoms with van der Waals surface area (Å²) in [6, 6.07) is 21.8. The van der Waals surface area contributed by atoms with Crippen molar-refractivity contribution in [3.8, 4) is 0 Å². The largest absolute Gasteiger partial charge is 0.401 e. The average Bonchev–Trinajstić information content (AvgIpc) is 2.78. The summed E-state index contributed by atoms with van der Waals surface area (Å²) >= 11 is 0. The quantitative estimate of drug-likeness (QED) is 0.316. The molecule has 30 heavy (non-hydrogen) atoms. The molecule has 6 heteroatoms. The minimum Gasteiger partial charge on any atom is -0.401 e. The van der Waals surface area contributed by atoms with Gasteiger partial charge in [0.1, 0.15) is 0 Å². The predicted molar refractivity (Wildman–Crippen MR) is 125 cm³/mol. The Hall–Kier alpha value is -3.61. The van der Waals surface area contributed by atoms with Gasteiger partial charge in [0.15, 0.2) is 0 Å². The fraction of sp³-hybridized carbons (Fsp3) is 0.125. The van der Waals surface area contributed by atoms with Crippen LogP contribution in [0.2, 0.25) is 0 Å². The molecule has 0 fully saturated rings. The van der Waals surface area contributed by atoms with Crippen LogP contribution in [0.25, 0.3) is 12.2 Å². The summed E-state index contributed by atoms with van der Waals surface area (Å²) in [5, 5.41) is 13.7. The summed E-state index contributed by atoms with van der Waals surface area (Å²) in [7, 11) is 0. The molecule has 0 amide bonds. The van der Waals surface area contributed by atoms with Gasteiger partial charge in [-0.15, -0.1) is 0 Å². The summed E-state index contributed by atoms with van der Waals surface area (Å²) in [5.74, 6) is 6.04. The van der Waals surface area contributed by atoms with Gasteiger partial charge < -0.3 is 16.2 Å². The van der Waals surface area contributed by atoms with Gasteiger partial charge in [-0.1, -0.05) is 24.3 Å². The molecule has 1 heterocycles. The smallest absolute Gasteiger partial charge is 0.0629 e. The maximum absolute atomic E-state index is 8.87. The third kappa shape index (κ3) is 6.48. The first-order valence-corrected chi connectivity index (χ1v) is 9.81. The molecule has 0 radical (unpaired) electrons. The number of hydrogen-bond acceptors (Lipinski definition) is 6. The van der Waals surface area contributed by atoms with Crippen LogP contribution in [0.15, 0.2) is 84.8 Å². The number of rotatable bonds is 9. The molecule has 0 aliphatic rings. The molecule has 0 saturated heterocycles. The van der Waals surface area contributed by atoms with Crippen molar-refractivity contribution in [3.63, 3.8) is 0 Å². The Morgan fingerprint density at radius 3 is 2.30 bits per heavy atom. The van der Waals surface area contributed by atoms with E-state index >= 15 is 0 Å². The summed E-state index contributed by atoms with van der Waals surface area (Å²) in [6.07, 6.45) is 8.72. The number of aliphatic hydroxyl groups is 1. The van der Waals surface area contributed by atoms with Gasteiger partial charge in [0, 0.05) is 36.1 Å². The molecule has 0 aliphatic heterocycles. The van der Waals surface area contributed by atoms with Gasteiger partial charge in [-0.3, -0.25) is 9.99 Å². The number of nitrogens with zero attached hydrogens (tertiary/aromatic N) is 2. The second-order valence-electron chi connectivity index (χ2n) is 6.82. The first-order valence-electron chi connectivity index (χ1n) is 9.81. The monoisotopic (exact) mass is 401 g/mol. The zero-order valence-corrected chi connectivity index (χ0v) is 16.8. The summed E-state index contributed by atoms with van der Waals surface area (Å²) in [5.41, 5.74) is 11.3. The van der Waals surface area contributed by atoms with Crippen LogP contribution in [0, 0.1) is 0 Å². The van der Waals surface area contributed by atoms with Gasteiger partial charge in [-0.05, 0) is 73.0 Å². The number of aliphatic hydroxyl groups excluding tert-OH is 1. The molecule has 2 aromatic carbocycles. The highest BCUT2D eigenvalue weighted by atomic mass is 16.2. The molecule has 6 N–H and O–H groups in total. The van der Waals surface area contributed by atoms with Crippen molar-refractivity contribution >= 4 is 29.2 Å². The van der Waals surface area contributed by atoms with Gasteiger partial charge in [0.25, 0.3) is 0 Å². The van der Waals surface area contributed by atoms with Crippen LogP contribution in [-0.2, 0) is 0 Å². The summed E-state index contributed by atoms with van der Waals surface area (Å²) in [6.45, 7) is 0.112. The zero-order chi connectivity index (χ0) is 21.2. The van der Waals surface area contributed by atoms with E-state index in [2.05, 4.69) is 22.4 Å². The molecule has 0 bridgehead atoms. The van der Waals surface area contributed by atoms with Crippen molar-refractivity contribution in [1.82, 2.24) is 4.98 Å². The van der Waals surface area contributed by atoms with Gasteiger partial charge in [-0.2, -0.15) is 0 Å². The third-order valence-corrected chi connectivity index (χ3v) is 4.43. The molecule has 154 valence electrons. The zero-order valence-electron chi connectivity index (χ0n) is 16.8. The van der Waals surface area contributed by atoms with Crippen LogP contribution >= 0.6 is 0 Å². The van der Waals surface area contributed by atoms with Crippen molar-refractivity contribution in [3.05, 3.63) is 96.1 Å². The normalized spacial score (nSPS) is 11.6. The lowest BCUT2D eigenvalue weighted by atomic mass is 10.1. The van der Waals surface area contributed by atoms with Crippen molar-refractivity contribution in [2.75, 3.05) is 16.9 Å². The Morgan fingerprint density at radius 2 is 1.67 bits per heavy atom. The Labute approximate surface area is 177 Å². The van der Waals surface area contributed by atoms with E-state index < -0.39 is 0 Å². The second kappa shape index (κ2) is 10.8. The van der Waals surface area contributed by atoms with Crippen LogP contribution < -0.4 is 21.9 Å². The van der Waals surface area contributed by atoms with Crippen molar-refractivity contribution < 1.29 is 5.11 Å². The topological polar surface area (TPSA) is 100 Å². The molecule has 6 nitrogen and oxygen atoms in total. The van der Waals surface area contributed by atoms with E-state index in [-0.39, 0.29) is 6.61 Å². The molecule has 0 atom stereocenters. The summed E-state index contributed by atoms with van der Waals surface area (Å²) < 4.78 is 0. The van der Waals surface area contributed by atoms with E-state index in [1.54, 1.807) is 12.4 Å². The van der Waals surface area contributed by atoms with Crippen molar-refractivity contribution in [1.29, 1.82) is 0 Å². The number of benzene rings is 2. The standard InChI is InChI=1S/C24H27N5O/c25-20(4-3-17-30)18-29(26)24-14-12-23(13-15-24)28-22-10-7-19(8-11-22)6-9-21-5-1-2-16-27-21/h1-2,5-16,18,28,30H,3-4,17,25-26H2/b9-6+,20-18-. The van der Waals surface area contributed by atoms with Gasteiger partial charge in [0.05, 0.1) is 11.4 Å². The molecule has 1 aromatic heterocycles. The van der Waals surface area contributed by atoms with Gasteiger partial charge in [0.2, 0.25) is 0 Å². The first-order chi connectivity index (χ1) is 14.6. The third-order valence-electron chi connectivity index (χ3n) is 4.43. The van der Waals surface area contributed by atoms with E-state index in [4.69, 9.17) is 16.7 Å². The molecular formula is C24H27N5O. The number of anilines is 3. The Balaban J connectivity index is 1.58. The number of hydrazine groups is 1. The molecule has 0 aliphatic carbocycles. The average molecular weight is 402 g/mol. The first kappa shape index (κ1) is 21.1. The molecule has 0 unspecified atom stereocenters. The fourth-order valence-corrected chi connectivity index (χ4v) is 2.82. The minimum atomic E-state index is 0.112. The second-order valence-corrected chi connectivity index (χ2v) is 6.82. The lowest BCUT2D eigenvalue weighted by molar-refractivity contribution is 0.288. The fourth-order valence-electron chi connectivity index (χ4n) is 2.82. The number of allylic oxidation sites excluding steroid dienone is 1. The minimum absolute atomic E-state index is 0.112. The predicted octanol–water partition coefficient (Wildman–Crippen LogP) is 4.25. The van der Waals surface area contributed by atoms with Crippen molar-refractivity contribution in [2.45, 2.75) is 12.8 Å². The van der Waals surface area contributed by atoms with Crippen LogP contribution in [0.3, 0.4) is 0 Å². The SMILES string of the molecule is N/C(=C\N(N)c1ccc(Nc2ccc(/C=C/c3ccccn3)cc2)cc1)CCCO. The van der Waals surface area contributed by atoms with Crippen LogP contribution in [0.1, 0.15) is 24.1 Å². The van der Waals surface area contributed by atoms with Gasteiger partial charge >= 0.3 is 0 Å². The highest BCUT2D eigenvalue weighted by Crippen LogP contribution is 2.21. The number of nitrogens with one attached hydrogen (secondary N) is 1.